The summed E-state index contributed by atoms with van der Waals surface area (Å²) < 4.78 is 11.7. The molecule has 1 fully saturated rings. The minimum Gasteiger partial charge on any atom is -0.466 e. The quantitative estimate of drug-likeness (QED) is 0.471. The van der Waals surface area contributed by atoms with Crippen molar-refractivity contribution < 1.29 is 18.7 Å². The van der Waals surface area contributed by atoms with Gasteiger partial charge >= 0.3 is 5.97 Å². The second kappa shape index (κ2) is 9.56. The molecule has 2 aromatic rings. The van der Waals surface area contributed by atoms with Crippen LogP contribution >= 0.6 is 27.7 Å². The lowest BCUT2D eigenvalue weighted by Gasteiger charge is -2.32. The van der Waals surface area contributed by atoms with Crippen molar-refractivity contribution in [3.8, 4) is 11.5 Å². The van der Waals surface area contributed by atoms with Crippen LogP contribution in [0.3, 0.4) is 0 Å². The van der Waals surface area contributed by atoms with Gasteiger partial charge < -0.3 is 14.1 Å². The summed E-state index contributed by atoms with van der Waals surface area (Å²) in [5.41, 5.74) is 0.822. The Morgan fingerprint density at radius 1 is 1.29 bits per heavy atom. The number of nitrogens with zero attached hydrogens (tertiary/aromatic N) is 3. The Morgan fingerprint density at radius 3 is 2.61 bits per heavy atom. The van der Waals surface area contributed by atoms with Gasteiger partial charge in [-0.1, -0.05) is 27.7 Å². The maximum Gasteiger partial charge on any atom is 0.309 e. The number of hydrogen-bond acceptors (Lipinski definition) is 7. The van der Waals surface area contributed by atoms with E-state index in [9.17, 15) is 9.59 Å². The summed E-state index contributed by atoms with van der Waals surface area (Å²) in [6.45, 7) is 5.13. The molecule has 0 radical (unpaired) electrons. The van der Waals surface area contributed by atoms with E-state index in [-0.39, 0.29) is 23.0 Å². The minimum absolute atomic E-state index is 0.00991. The zero-order valence-electron chi connectivity index (χ0n) is 15.8. The predicted octanol–water partition coefficient (Wildman–Crippen LogP) is 3.78. The summed E-state index contributed by atoms with van der Waals surface area (Å²) in [4.78, 5) is 26.3. The van der Waals surface area contributed by atoms with Crippen molar-refractivity contribution in [2.45, 2.75) is 37.2 Å². The summed E-state index contributed by atoms with van der Waals surface area (Å²) in [5.74, 6) is 0.153. The average Bonchev–Trinajstić information content (AvgIpc) is 3.16. The first-order valence-corrected chi connectivity index (χ1v) is 10.9. The first-order chi connectivity index (χ1) is 13.5. The smallest absolute Gasteiger partial charge is 0.309 e. The third kappa shape index (κ3) is 5.14. The lowest BCUT2D eigenvalue weighted by molar-refractivity contribution is -0.151. The van der Waals surface area contributed by atoms with Gasteiger partial charge in [-0.25, -0.2) is 0 Å². The van der Waals surface area contributed by atoms with E-state index in [0.717, 1.165) is 10.0 Å². The highest BCUT2D eigenvalue weighted by atomic mass is 79.9. The number of likely N-dealkylation sites (tertiary alicyclic amines) is 1. The Morgan fingerprint density at radius 2 is 1.96 bits per heavy atom. The normalized spacial score (nSPS) is 16.0. The van der Waals surface area contributed by atoms with Crippen molar-refractivity contribution >= 4 is 39.6 Å². The fourth-order valence-corrected chi connectivity index (χ4v) is 4.05. The molecule has 7 nitrogen and oxygen atoms in total. The minimum atomic E-state index is -0.350. The van der Waals surface area contributed by atoms with Crippen molar-refractivity contribution in [1.29, 1.82) is 0 Å². The lowest BCUT2D eigenvalue weighted by Crippen LogP contribution is -2.43. The molecule has 1 amide bonds. The predicted molar refractivity (Wildman–Crippen MR) is 109 cm³/mol. The standard InChI is InChI=1S/C19H22BrN3O4S/c1-3-26-18(25)14-8-10-23(11-9-14)17(24)12(2)28-19-22-21-16(27-19)13-4-6-15(20)7-5-13/h4-7,12,14H,3,8-11H2,1-2H3. The molecule has 1 aliphatic rings. The molecule has 1 atom stereocenters. The van der Waals surface area contributed by atoms with Crippen LogP contribution in [0.5, 0.6) is 0 Å². The van der Waals surface area contributed by atoms with Crippen LogP contribution in [-0.2, 0) is 14.3 Å². The average molecular weight is 468 g/mol. The van der Waals surface area contributed by atoms with Gasteiger partial charge in [0.1, 0.15) is 0 Å². The summed E-state index contributed by atoms with van der Waals surface area (Å²) in [6.07, 6.45) is 1.27. The van der Waals surface area contributed by atoms with Crippen molar-refractivity contribution in [3.63, 3.8) is 0 Å². The van der Waals surface area contributed by atoms with Gasteiger partial charge in [0.25, 0.3) is 5.22 Å². The van der Waals surface area contributed by atoms with Gasteiger partial charge in [-0.3, -0.25) is 9.59 Å². The van der Waals surface area contributed by atoms with E-state index in [4.69, 9.17) is 9.15 Å². The van der Waals surface area contributed by atoms with Crippen molar-refractivity contribution in [2.24, 2.45) is 5.92 Å². The van der Waals surface area contributed by atoms with Gasteiger partial charge in [-0.15, -0.1) is 10.2 Å². The largest absolute Gasteiger partial charge is 0.466 e. The van der Waals surface area contributed by atoms with Crippen LogP contribution in [-0.4, -0.2) is 51.9 Å². The molecule has 0 aliphatic carbocycles. The maximum absolute atomic E-state index is 12.7. The molecule has 1 aromatic carbocycles. The van der Waals surface area contributed by atoms with Gasteiger partial charge in [0, 0.05) is 23.1 Å². The molecule has 28 heavy (non-hydrogen) atoms. The van der Waals surface area contributed by atoms with Crippen LogP contribution in [0.25, 0.3) is 11.5 Å². The summed E-state index contributed by atoms with van der Waals surface area (Å²) in [5, 5.41) is 8.11. The Bertz CT molecular complexity index is 819. The number of carbonyl (C=O) groups excluding carboxylic acids is 2. The molecule has 1 saturated heterocycles. The topological polar surface area (TPSA) is 85.5 Å². The number of halogens is 1. The molecule has 2 heterocycles. The lowest BCUT2D eigenvalue weighted by atomic mass is 9.97. The van der Waals surface area contributed by atoms with E-state index in [1.807, 2.05) is 31.2 Å². The number of thioether (sulfide) groups is 1. The molecule has 1 aliphatic heterocycles. The zero-order valence-corrected chi connectivity index (χ0v) is 18.2. The second-order valence-corrected chi connectivity index (χ2v) is 8.70. The first-order valence-electron chi connectivity index (χ1n) is 9.19. The number of hydrogen-bond donors (Lipinski definition) is 0. The van der Waals surface area contributed by atoms with Gasteiger partial charge in [-0.05, 0) is 51.0 Å². The van der Waals surface area contributed by atoms with Gasteiger partial charge in [0.05, 0.1) is 17.8 Å². The SMILES string of the molecule is CCOC(=O)C1CCN(C(=O)C(C)Sc2nnc(-c3ccc(Br)cc3)o2)CC1. The Kier molecular flexibility index (Phi) is 7.12. The number of benzene rings is 1. The highest BCUT2D eigenvalue weighted by molar-refractivity contribution is 9.10. The molecular weight excluding hydrogens is 446 g/mol. The van der Waals surface area contributed by atoms with Crippen LogP contribution in [0.4, 0.5) is 0 Å². The third-order valence-electron chi connectivity index (χ3n) is 4.55. The zero-order chi connectivity index (χ0) is 20.1. The second-order valence-electron chi connectivity index (χ2n) is 6.49. The molecule has 0 saturated carbocycles. The molecule has 3 rings (SSSR count). The Balaban J connectivity index is 1.54. The third-order valence-corrected chi connectivity index (χ3v) is 6.00. The number of amides is 1. The van der Waals surface area contributed by atoms with Gasteiger partial charge in [0.15, 0.2) is 0 Å². The van der Waals surface area contributed by atoms with Gasteiger partial charge in [0.2, 0.25) is 11.8 Å². The van der Waals surface area contributed by atoms with E-state index >= 15 is 0 Å². The molecule has 9 heteroatoms. The number of ether oxygens (including phenoxy) is 1. The molecule has 0 N–H and O–H groups in total. The monoisotopic (exact) mass is 467 g/mol. The van der Waals surface area contributed by atoms with Crippen LogP contribution in [0.15, 0.2) is 38.4 Å². The molecule has 1 aromatic heterocycles. The number of rotatable bonds is 6. The molecule has 0 spiro atoms. The van der Waals surface area contributed by atoms with Crippen molar-refractivity contribution in [2.75, 3.05) is 19.7 Å². The summed E-state index contributed by atoms with van der Waals surface area (Å²) in [7, 11) is 0. The van der Waals surface area contributed by atoms with E-state index in [0.29, 0.717) is 43.7 Å². The highest BCUT2D eigenvalue weighted by Gasteiger charge is 2.31. The molecule has 0 bridgehead atoms. The van der Waals surface area contributed by atoms with E-state index in [1.54, 1.807) is 11.8 Å². The van der Waals surface area contributed by atoms with Crippen molar-refractivity contribution in [1.82, 2.24) is 15.1 Å². The molecule has 1 unspecified atom stereocenters. The summed E-state index contributed by atoms with van der Waals surface area (Å²) >= 11 is 4.64. The van der Waals surface area contributed by atoms with E-state index in [1.165, 1.54) is 11.8 Å². The Hall–Kier alpha value is -1.87. The van der Waals surface area contributed by atoms with E-state index < -0.39 is 0 Å². The van der Waals surface area contributed by atoms with Crippen LogP contribution in [0, 0.1) is 5.92 Å². The van der Waals surface area contributed by atoms with Crippen molar-refractivity contribution in [3.05, 3.63) is 28.7 Å². The number of esters is 1. The number of aromatic nitrogens is 2. The number of carbonyl (C=O) groups is 2. The van der Waals surface area contributed by atoms with Crippen LogP contribution in [0.1, 0.15) is 26.7 Å². The Labute approximate surface area is 176 Å². The maximum atomic E-state index is 12.7. The highest BCUT2D eigenvalue weighted by Crippen LogP contribution is 2.28. The molecular formula is C19H22BrN3O4S. The van der Waals surface area contributed by atoms with E-state index in [2.05, 4.69) is 26.1 Å². The van der Waals surface area contributed by atoms with Gasteiger partial charge in [-0.2, -0.15) is 0 Å². The summed E-state index contributed by atoms with van der Waals surface area (Å²) in [6, 6.07) is 7.57. The van der Waals surface area contributed by atoms with Crippen LogP contribution < -0.4 is 0 Å². The first kappa shape index (κ1) is 20.9. The van der Waals surface area contributed by atoms with Crippen LogP contribution in [0.2, 0.25) is 0 Å². The fourth-order valence-electron chi connectivity index (χ4n) is 3.02. The fraction of sp³-hybridized carbons (Fsp3) is 0.474. The molecule has 150 valence electrons. The number of piperidine rings is 1.